The normalized spacial score (nSPS) is 11.7. The zero-order valence-electron chi connectivity index (χ0n) is 22.0. The molecule has 11 nitrogen and oxygen atoms in total. The number of aromatic nitrogens is 3. The SMILES string of the molecule is O=C(N[C@@H](CCCCNC(=O)c1cc2ccccc2oc1=O)C(=O)n1nnc2ccccc21)OCc1ccccc1. The van der Waals surface area contributed by atoms with E-state index in [0.29, 0.717) is 34.8 Å². The number of para-hydroxylation sites is 2. The van der Waals surface area contributed by atoms with Crippen molar-refractivity contribution >= 4 is 39.9 Å². The summed E-state index contributed by atoms with van der Waals surface area (Å²) in [4.78, 5) is 50.9. The Balaban J connectivity index is 1.20. The third kappa shape index (κ3) is 6.64. The number of alkyl carbamates (subject to hydrolysis) is 1. The summed E-state index contributed by atoms with van der Waals surface area (Å²) in [5.74, 6) is -1.01. The predicted octanol–water partition coefficient (Wildman–Crippen LogP) is 4.07. The van der Waals surface area contributed by atoms with Gasteiger partial charge in [0.15, 0.2) is 0 Å². The Kier molecular flexibility index (Phi) is 8.43. The van der Waals surface area contributed by atoms with Gasteiger partial charge in [-0.2, -0.15) is 4.68 Å². The van der Waals surface area contributed by atoms with Gasteiger partial charge in [-0.15, -0.1) is 5.10 Å². The Labute approximate surface area is 234 Å². The molecule has 1 atom stereocenters. The summed E-state index contributed by atoms with van der Waals surface area (Å²) < 4.78 is 11.7. The van der Waals surface area contributed by atoms with Gasteiger partial charge in [-0.3, -0.25) is 9.59 Å². The number of fused-ring (bicyclic) bond motifs is 2. The van der Waals surface area contributed by atoms with Crippen LogP contribution in [0.1, 0.15) is 40.0 Å². The fourth-order valence-electron chi connectivity index (χ4n) is 4.33. The Morgan fingerprint density at radius 3 is 2.54 bits per heavy atom. The summed E-state index contributed by atoms with van der Waals surface area (Å²) in [7, 11) is 0. The second kappa shape index (κ2) is 12.7. The third-order valence-electron chi connectivity index (χ3n) is 6.45. The number of ether oxygens (including phenoxy) is 1. The topological polar surface area (TPSA) is 145 Å². The van der Waals surface area contributed by atoms with Crippen LogP contribution in [0.5, 0.6) is 0 Å². The van der Waals surface area contributed by atoms with Crippen molar-refractivity contribution in [3.8, 4) is 0 Å². The number of rotatable bonds is 10. The summed E-state index contributed by atoms with van der Waals surface area (Å²) in [6.45, 7) is 0.297. The quantitative estimate of drug-likeness (QED) is 0.194. The van der Waals surface area contributed by atoms with Crippen molar-refractivity contribution in [3.05, 3.63) is 106 Å². The van der Waals surface area contributed by atoms with Crippen molar-refractivity contribution < 1.29 is 23.5 Å². The highest BCUT2D eigenvalue weighted by molar-refractivity contribution is 5.96. The number of benzene rings is 3. The van der Waals surface area contributed by atoms with E-state index in [2.05, 4.69) is 20.9 Å². The standard InChI is InChI=1S/C30H27N5O6/c36-27(22-18-21-12-4-7-16-26(21)41-29(22)38)31-17-9-8-14-24(32-30(39)40-19-20-10-2-1-3-11-20)28(37)35-25-15-6-5-13-23(25)33-34-35/h1-7,10-13,15-16,18,24H,8-9,14,17,19H2,(H,31,36)(H,32,39)/t24-/m0/s1. The molecular weight excluding hydrogens is 526 g/mol. The molecule has 0 spiro atoms. The van der Waals surface area contributed by atoms with Gasteiger partial charge in [-0.05, 0) is 49.1 Å². The first-order valence-electron chi connectivity index (χ1n) is 13.1. The first-order valence-corrected chi connectivity index (χ1v) is 13.1. The molecule has 0 fully saturated rings. The van der Waals surface area contributed by atoms with Crippen LogP contribution in [0.2, 0.25) is 0 Å². The summed E-state index contributed by atoms with van der Waals surface area (Å²) in [5, 5.41) is 14.0. The molecule has 0 aliphatic carbocycles. The summed E-state index contributed by atoms with van der Waals surface area (Å²) in [5.41, 5.74) is 1.47. The maximum atomic E-state index is 13.4. The zero-order valence-corrected chi connectivity index (χ0v) is 22.0. The molecule has 41 heavy (non-hydrogen) atoms. The molecule has 2 amide bonds. The van der Waals surface area contributed by atoms with Crippen molar-refractivity contribution in [2.24, 2.45) is 0 Å². The van der Waals surface area contributed by atoms with Gasteiger partial charge in [0.2, 0.25) is 0 Å². The maximum absolute atomic E-state index is 13.4. The number of amides is 2. The molecule has 208 valence electrons. The molecule has 11 heteroatoms. The van der Waals surface area contributed by atoms with Crippen molar-refractivity contribution in [3.63, 3.8) is 0 Å². The van der Waals surface area contributed by atoms with E-state index in [1.54, 1.807) is 48.5 Å². The summed E-state index contributed by atoms with van der Waals surface area (Å²) in [6, 6.07) is 23.7. The van der Waals surface area contributed by atoms with Crippen LogP contribution in [-0.4, -0.2) is 45.5 Å². The number of hydrogen-bond acceptors (Lipinski definition) is 8. The van der Waals surface area contributed by atoms with Crippen molar-refractivity contribution in [2.45, 2.75) is 31.9 Å². The minimum atomic E-state index is -0.952. The Bertz CT molecular complexity index is 1750. The van der Waals surface area contributed by atoms with Crippen LogP contribution in [0, 0.1) is 0 Å². The highest BCUT2D eigenvalue weighted by Gasteiger charge is 2.25. The average Bonchev–Trinajstić information content (AvgIpc) is 3.43. The van der Waals surface area contributed by atoms with Gasteiger partial charge in [0, 0.05) is 11.9 Å². The van der Waals surface area contributed by atoms with Gasteiger partial charge in [-0.25, -0.2) is 9.59 Å². The van der Waals surface area contributed by atoms with E-state index in [0.717, 1.165) is 10.2 Å². The zero-order chi connectivity index (χ0) is 28.6. The molecule has 0 saturated heterocycles. The molecule has 0 bridgehead atoms. The van der Waals surface area contributed by atoms with Crippen molar-refractivity contribution in [1.29, 1.82) is 0 Å². The minimum absolute atomic E-state index is 0.0502. The average molecular weight is 554 g/mol. The molecule has 0 radical (unpaired) electrons. The molecule has 0 aliphatic rings. The first kappa shape index (κ1) is 27.3. The first-order chi connectivity index (χ1) is 20.0. The summed E-state index contributed by atoms with van der Waals surface area (Å²) >= 11 is 0. The van der Waals surface area contributed by atoms with Crippen LogP contribution < -0.4 is 16.3 Å². The van der Waals surface area contributed by atoms with E-state index in [4.69, 9.17) is 9.15 Å². The number of carbonyl (C=O) groups excluding carboxylic acids is 3. The highest BCUT2D eigenvalue weighted by atomic mass is 16.5. The van der Waals surface area contributed by atoms with Gasteiger partial charge in [0.05, 0.1) is 5.52 Å². The summed E-state index contributed by atoms with van der Waals surface area (Å²) in [6.07, 6.45) is 0.455. The van der Waals surface area contributed by atoms with Gasteiger partial charge in [0.1, 0.15) is 29.3 Å². The lowest BCUT2D eigenvalue weighted by atomic mass is 10.1. The van der Waals surface area contributed by atoms with Gasteiger partial charge >= 0.3 is 11.7 Å². The Morgan fingerprint density at radius 2 is 1.68 bits per heavy atom. The van der Waals surface area contributed by atoms with Crippen LogP contribution in [-0.2, 0) is 11.3 Å². The smallest absolute Gasteiger partial charge is 0.408 e. The fraction of sp³-hybridized carbons (Fsp3) is 0.200. The molecular formula is C30H27N5O6. The fourth-order valence-corrected chi connectivity index (χ4v) is 4.33. The number of hydrogen-bond donors (Lipinski definition) is 2. The van der Waals surface area contributed by atoms with Crippen LogP contribution in [0.15, 0.2) is 94.1 Å². The lowest BCUT2D eigenvalue weighted by molar-refractivity contribution is 0.0815. The van der Waals surface area contributed by atoms with Gasteiger partial charge < -0.3 is 19.8 Å². The van der Waals surface area contributed by atoms with E-state index in [-0.39, 0.29) is 25.1 Å². The minimum Gasteiger partial charge on any atom is -0.445 e. The molecule has 2 N–H and O–H groups in total. The molecule has 2 aromatic heterocycles. The molecule has 5 aromatic rings. The monoisotopic (exact) mass is 553 g/mol. The molecule has 0 aliphatic heterocycles. The lowest BCUT2D eigenvalue weighted by Gasteiger charge is -2.17. The van der Waals surface area contributed by atoms with Gasteiger partial charge in [-0.1, -0.05) is 65.9 Å². The van der Waals surface area contributed by atoms with E-state index >= 15 is 0 Å². The third-order valence-corrected chi connectivity index (χ3v) is 6.45. The highest BCUT2D eigenvalue weighted by Crippen LogP contribution is 2.14. The van der Waals surface area contributed by atoms with Crippen LogP contribution in [0.25, 0.3) is 22.0 Å². The predicted molar refractivity (Wildman–Crippen MR) is 150 cm³/mol. The van der Waals surface area contributed by atoms with E-state index in [9.17, 15) is 19.2 Å². The van der Waals surface area contributed by atoms with Crippen molar-refractivity contribution in [1.82, 2.24) is 25.6 Å². The van der Waals surface area contributed by atoms with Crippen LogP contribution in [0.3, 0.4) is 0 Å². The van der Waals surface area contributed by atoms with E-state index in [1.807, 2.05) is 30.3 Å². The molecule has 0 unspecified atom stereocenters. The van der Waals surface area contributed by atoms with Gasteiger partial charge in [0.25, 0.3) is 11.8 Å². The van der Waals surface area contributed by atoms with Crippen LogP contribution in [0.4, 0.5) is 4.79 Å². The maximum Gasteiger partial charge on any atom is 0.408 e. The number of unbranched alkanes of at least 4 members (excludes halogenated alkanes) is 1. The largest absolute Gasteiger partial charge is 0.445 e. The number of nitrogens with zero attached hydrogens (tertiary/aromatic N) is 3. The van der Waals surface area contributed by atoms with E-state index in [1.165, 1.54) is 6.07 Å². The van der Waals surface area contributed by atoms with Crippen molar-refractivity contribution in [2.75, 3.05) is 6.54 Å². The Hall–Kier alpha value is -5.32. The second-order valence-corrected chi connectivity index (χ2v) is 9.32. The molecule has 2 heterocycles. The molecule has 0 saturated carbocycles. The number of nitrogens with one attached hydrogen (secondary N) is 2. The number of carbonyl (C=O) groups is 3. The van der Waals surface area contributed by atoms with E-state index < -0.39 is 29.6 Å². The van der Waals surface area contributed by atoms with Crippen LogP contribution >= 0.6 is 0 Å². The second-order valence-electron chi connectivity index (χ2n) is 9.32. The molecule has 5 rings (SSSR count). The Morgan fingerprint density at radius 1 is 0.927 bits per heavy atom. The lowest BCUT2D eigenvalue weighted by Crippen LogP contribution is -2.44. The molecule has 3 aromatic carbocycles.